The number of hydrogen-bond acceptors (Lipinski definition) is 5. The van der Waals surface area contributed by atoms with E-state index < -0.39 is 16.4 Å². The van der Waals surface area contributed by atoms with Crippen molar-refractivity contribution >= 4 is 33.6 Å². The molecule has 0 unspecified atom stereocenters. The number of hydrogen-bond donors (Lipinski definition) is 2. The highest BCUT2D eigenvalue weighted by Gasteiger charge is 2.13. The van der Waals surface area contributed by atoms with Gasteiger partial charge in [-0.05, 0) is 19.1 Å². The maximum atomic E-state index is 11.5. The molecule has 2 rings (SSSR count). The van der Waals surface area contributed by atoms with Crippen LogP contribution in [0.2, 0.25) is 5.02 Å². The number of fused-ring (bicyclic) bond motifs is 1. The van der Waals surface area contributed by atoms with Crippen LogP contribution in [0.25, 0.3) is 5.65 Å². The van der Waals surface area contributed by atoms with Crippen LogP contribution in [-0.2, 0) is 15.1 Å². The Kier molecular flexibility index (Phi) is 5.45. The third-order valence-electron chi connectivity index (χ3n) is 1.97. The van der Waals surface area contributed by atoms with Crippen LogP contribution in [0.15, 0.2) is 24.5 Å². The molecule has 0 aromatic carbocycles. The first-order valence-corrected chi connectivity index (χ1v) is 7.00. The molecule has 0 radical (unpaired) electrons. The predicted molar refractivity (Wildman–Crippen MR) is 70.3 cm³/mol. The summed E-state index contributed by atoms with van der Waals surface area (Å²) in [4.78, 5) is 15.6. The first kappa shape index (κ1) is 16.4. The summed E-state index contributed by atoms with van der Waals surface area (Å²) in [6, 6.07) is 3.47. The third kappa shape index (κ3) is 4.78. The Labute approximate surface area is 119 Å². The van der Waals surface area contributed by atoms with Gasteiger partial charge in [0, 0.05) is 6.20 Å². The monoisotopic (exact) mass is 322 g/mol. The summed E-state index contributed by atoms with van der Waals surface area (Å²) >= 11 is 5.92. The minimum atomic E-state index is -4.67. The van der Waals surface area contributed by atoms with Crippen LogP contribution in [0.5, 0.6) is 0 Å². The Balaban J connectivity index is 0.000000347. The van der Waals surface area contributed by atoms with Crippen molar-refractivity contribution in [2.24, 2.45) is 0 Å². The molecule has 0 aliphatic rings. The highest BCUT2D eigenvalue weighted by atomic mass is 35.5. The van der Waals surface area contributed by atoms with Crippen LogP contribution in [0.3, 0.4) is 0 Å². The van der Waals surface area contributed by atoms with Crippen LogP contribution in [0.1, 0.15) is 17.4 Å². The molecule has 0 spiro atoms. The first-order chi connectivity index (χ1) is 9.24. The summed E-state index contributed by atoms with van der Waals surface area (Å²) in [5, 5.41) is 0.507. The van der Waals surface area contributed by atoms with Gasteiger partial charge >= 0.3 is 16.4 Å². The molecule has 0 saturated carbocycles. The minimum absolute atomic E-state index is 0.340. The van der Waals surface area contributed by atoms with Crippen LogP contribution in [-0.4, -0.2) is 39.5 Å². The molecular formula is C10H11ClN2O6S. The minimum Gasteiger partial charge on any atom is -0.461 e. The molecule has 20 heavy (non-hydrogen) atoms. The van der Waals surface area contributed by atoms with Gasteiger partial charge in [-0.3, -0.25) is 13.5 Å². The van der Waals surface area contributed by atoms with Gasteiger partial charge in [-0.25, -0.2) is 9.78 Å². The number of carbonyl (C=O) groups excluding carboxylic acids is 1. The van der Waals surface area contributed by atoms with E-state index in [2.05, 4.69) is 4.98 Å². The van der Waals surface area contributed by atoms with E-state index in [1.165, 1.54) is 6.20 Å². The zero-order valence-electron chi connectivity index (χ0n) is 10.2. The van der Waals surface area contributed by atoms with Crippen molar-refractivity contribution in [2.75, 3.05) is 6.61 Å². The number of imidazole rings is 1. The number of rotatable bonds is 2. The van der Waals surface area contributed by atoms with Crippen molar-refractivity contribution in [3.63, 3.8) is 0 Å². The summed E-state index contributed by atoms with van der Waals surface area (Å²) in [6.07, 6.45) is 3.18. The number of ether oxygens (including phenoxy) is 1. The smallest absolute Gasteiger partial charge is 0.394 e. The molecule has 0 fully saturated rings. The molecule has 2 aromatic rings. The lowest BCUT2D eigenvalue weighted by atomic mass is 10.4. The van der Waals surface area contributed by atoms with Gasteiger partial charge in [0.25, 0.3) is 0 Å². The van der Waals surface area contributed by atoms with Crippen molar-refractivity contribution in [2.45, 2.75) is 6.92 Å². The van der Waals surface area contributed by atoms with E-state index in [-0.39, 0.29) is 0 Å². The average Bonchev–Trinajstić information content (AvgIpc) is 2.72. The van der Waals surface area contributed by atoms with E-state index in [9.17, 15) is 4.79 Å². The summed E-state index contributed by atoms with van der Waals surface area (Å²) in [6.45, 7) is 2.10. The second-order valence-corrected chi connectivity index (χ2v) is 4.66. The zero-order chi connectivity index (χ0) is 15.3. The molecular weight excluding hydrogens is 312 g/mol. The lowest BCUT2D eigenvalue weighted by Crippen LogP contribution is -2.07. The summed E-state index contributed by atoms with van der Waals surface area (Å²) in [5.74, 6) is -0.396. The molecule has 0 saturated heterocycles. The van der Waals surface area contributed by atoms with Crippen molar-refractivity contribution < 1.29 is 27.1 Å². The molecule has 10 heteroatoms. The molecule has 0 aliphatic carbocycles. The lowest BCUT2D eigenvalue weighted by molar-refractivity contribution is 0.0518. The van der Waals surface area contributed by atoms with Crippen LogP contribution in [0.4, 0.5) is 0 Å². The first-order valence-electron chi connectivity index (χ1n) is 5.22. The molecule has 0 amide bonds. The van der Waals surface area contributed by atoms with E-state index in [1.807, 2.05) is 0 Å². The standard InChI is InChI=1S/C10H9ClN2O2.H2O4S/c1-2-15-10(14)8-6-12-9-7(11)4-3-5-13(8)9;1-5(2,3)4/h3-6H,2H2,1H3;(H2,1,2,3,4). The molecule has 2 aromatic heterocycles. The average molecular weight is 323 g/mol. The van der Waals surface area contributed by atoms with E-state index in [0.717, 1.165) is 0 Å². The topological polar surface area (TPSA) is 118 Å². The number of esters is 1. The highest BCUT2D eigenvalue weighted by molar-refractivity contribution is 7.79. The van der Waals surface area contributed by atoms with E-state index >= 15 is 0 Å². The fourth-order valence-corrected chi connectivity index (χ4v) is 1.55. The summed E-state index contributed by atoms with van der Waals surface area (Å²) in [5.41, 5.74) is 0.941. The SMILES string of the molecule is CCOC(=O)c1cnc2c(Cl)cccn12.O=S(=O)(O)O. The Morgan fingerprint density at radius 2 is 2.10 bits per heavy atom. The largest absolute Gasteiger partial charge is 0.461 e. The lowest BCUT2D eigenvalue weighted by Gasteiger charge is -2.01. The maximum Gasteiger partial charge on any atom is 0.394 e. The van der Waals surface area contributed by atoms with Gasteiger partial charge in [0.1, 0.15) is 0 Å². The van der Waals surface area contributed by atoms with Crippen molar-refractivity contribution in [3.8, 4) is 0 Å². The Morgan fingerprint density at radius 3 is 2.65 bits per heavy atom. The van der Waals surface area contributed by atoms with Crippen LogP contribution < -0.4 is 0 Å². The van der Waals surface area contributed by atoms with Crippen molar-refractivity contribution in [3.05, 3.63) is 35.2 Å². The van der Waals surface area contributed by atoms with Gasteiger partial charge in [0.05, 0.1) is 17.8 Å². The normalized spacial score (nSPS) is 10.8. The zero-order valence-corrected chi connectivity index (χ0v) is 11.8. The van der Waals surface area contributed by atoms with E-state index in [0.29, 0.717) is 23.0 Å². The van der Waals surface area contributed by atoms with Gasteiger partial charge in [-0.2, -0.15) is 8.42 Å². The van der Waals surface area contributed by atoms with Gasteiger partial charge in [0.2, 0.25) is 0 Å². The number of pyridine rings is 1. The molecule has 0 aliphatic heterocycles. The van der Waals surface area contributed by atoms with Crippen LogP contribution >= 0.6 is 11.6 Å². The number of carbonyl (C=O) groups is 1. The molecule has 2 heterocycles. The van der Waals surface area contributed by atoms with Crippen LogP contribution in [0, 0.1) is 0 Å². The number of aromatic nitrogens is 2. The number of halogens is 1. The maximum absolute atomic E-state index is 11.5. The Bertz CT molecular complexity index is 704. The highest BCUT2D eigenvalue weighted by Crippen LogP contribution is 2.17. The number of nitrogens with zero attached hydrogens (tertiary/aromatic N) is 2. The quantitative estimate of drug-likeness (QED) is 0.635. The Hall–Kier alpha value is -1.68. The summed E-state index contributed by atoms with van der Waals surface area (Å²) < 4.78 is 38.1. The predicted octanol–water partition coefficient (Wildman–Crippen LogP) is 1.51. The van der Waals surface area contributed by atoms with Gasteiger partial charge < -0.3 is 4.74 Å². The molecule has 8 nitrogen and oxygen atoms in total. The fourth-order valence-electron chi connectivity index (χ4n) is 1.33. The van der Waals surface area contributed by atoms with E-state index in [1.54, 1.807) is 29.7 Å². The Morgan fingerprint density at radius 1 is 1.50 bits per heavy atom. The second-order valence-electron chi connectivity index (χ2n) is 3.36. The third-order valence-corrected chi connectivity index (χ3v) is 2.27. The molecule has 110 valence electrons. The van der Waals surface area contributed by atoms with Gasteiger partial charge in [-0.1, -0.05) is 11.6 Å². The summed E-state index contributed by atoms with van der Waals surface area (Å²) in [7, 11) is -4.67. The van der Waals surface area contributed by atoms with Crippen molar-refractivity contribution in [1.29, 1.82) is 0 Å². The van der Waals surface area contributed by atoms with Gasteiger partial charge in [0.15, 0.2) is 11.3 Å². The molecule has 0 atom stereocenters. The van der Waals surface area contributed by atoms with Crippen molar-refractivity contribution in [1.82, 2.24) is 9.38 Å². The van der Waals surface area contributed by atoms with E-state index in [4.69, 9.17) is 33.9 Å². The second kappa shape index (κ2) is 6.66. The molecule has 0 bridgehead atoms. The van der Waals surface area contributed by atoms with Gasteiger partial charge in [-0.15, -0.1) is 0 Å². The molecule has 2 N–H and O–H groups in total. The fraction of sp³-hybridized carbons (Fsp3) is 0.200.